The molecule has 0 aliphatic heterocycles. The highest BCUT2D eigenvalue weighted by Gasteiger charge is 2.11. The Morgan fingerprint density at radius 2 is 1.90 bits per heavy atom. The van der Waals surface area contributed by atoms with Crippen LogP contribution in [0.25, 0.3) is 0 Å². The maximum Gasteiger partial charge on any atom is 0.136 e. The van der Waals surface area contributed by atoms with Gasteiger partial charge in [0.15, 0.2) is 0 Å². The molecule has 0 aliphatic rings. The molecular formula is C17H19F2NS. The first kappa shape index (κ1) is 16.0. The molecule has 1 N–H and O–H groups in total. The second-order valence-electron chi connectivity index (χ2n) is 5.00. The predicted octanol–water partition coefficient (Wildman–Crippen LogP) is 4.20. The standard InChI is InChI=1S/C17H19F2NS/c1-12-9-14(18)8-7-13(12)10-15(20-2)11-21-17-6-4-3-5-16(17)19/h3-9,15,20H,10-11H2,1-2H3. The zero-order chi connectivity index (χ0) is 15.2. The van der Waals surface area contributed by atoms with E-state index in [1.54, 1.807) is 18.2 Å². The number of nitrogens with one attached hydrogen (secondary N) is 1. The highest BCUT2D eigenvalue weighted by molar-refractivity contribution is 7.99. The first-order valence-electron chi connectivity index (χ1n) is 6.89. The van der Waals surface area contributed by atoms with Gasteiger partial charge >= 0.3 is 0 Å². The third-order valence-electron chi connectivity index (χ3n) is 3.46. The van der Waals surface area contributed by atoms with Crippen LogP contribution in [0.15, 0.2) is 47.4 Å². The van der Waals surface area contributed by atoms with Gasteiger partial charge in [0.2, 0.25) is 0 Å². The van der Waals surface area contributed by atoms with Crippen LogP contribution in [0.3, 0.4) is 0 Å². The minimum atomic E-state index is -0.210. The number of hydrogen-bond donors (Lipinski definition) is 1. The maximum absolute atomic E-state index is 13.6. The van der Waals surface area contributed by atoms with E-state index in [-0.39, 0.29) is 17.7 Å². The fraction of sp³-hybridized carbons (Fsp3) is 0.294. The molecule has 1 nitrogen and oxygen atoms in total. The van der Waals surface area contributed by atoms with Gasteiger partial charge in [-0.25, -0.2) is 8.78 Å². The van der Waals surface area contributed by atoms with E-state index in [4.69, 9.17) is 0 Å². The summed E-state index contributed by atoms with van der Waals surface area (Å²) in [5, 5.41) is 3.25. The van der Waals surface area contributed by atoms with Gasteiger partial charge in [-0.3, -0.25) is 0 Å². The lowest BCUT2D eigenvalue weighted by molar-refractivity contribution is 0.596. The summed E-state index contributed by atoms with van der Waals surface area (Å²) in [5.41, 5.74) is 2.07. The number of likely N-dealkylation sites (N-methyl/N-ethyl adjacent to an activating group) is 1. The maximum atomic E-state index is 13.6. The van der Waals surface area contributed by atoms with Gasteiger partial charge < -0.3 is 5.32 Å². The summed E-state index contributed by atoms with van der Waals surface area (Å²) >= 11 is 1.50. The normalized spacial score (nSPS) is 12.4. The summed E-state index contributed by atoms with van der Waals surface area (Å²) in [6, 6.07) is 11.9. The molecular weight excluding hydrogens is 288 g/mol. The molecule has 2 aromatic carbocycles. The first-order valence-corrected chi connectivity index (χ1v) is 7.88. The Labute approximate surface area is 128 Å². The first-order chi connectivity index (χ1) is 10.1. The van der Waals surface area contributed by atoms with Crippen molar-refractivity contribution < 1.29 is 8.78 Å². The summed E-state index contributed by atoms with van der Waals surface area (Å²) in [7, 11) is 1.89. The molecule has 0 fully saturated rings. The molecule has 0 saturated carbocycles. The quantitative estimate of drug-likeness (QED) is 0.803. The number of aryl methyl sites for hydroxylation is 1. The molecule has 0 amide bonds. The van der Waals surface area contributed by atoms with Gasteiger partial charge in [0.1, 0.15) is 11.6 Å². The van der Waals surface area contributed by atoms with Crippen molar-refractivity contribution in [2.75, 3.05) is 12.8 Å². The van der Waals surface area contributed by atoms with Crippen LogP contribution in [0.4, 0.5) is 8.78 Å². The van der Waals surface area contributed by atoms with Crippen LogP contribution in [-0.4, -0.2) is 18.8 Å². The molecule has 21 heavy (non-hydrogen) atoms. The summed E-state index contributed by atoms with van der Waals surface area (Å²) in [6.45, 7) is 1.91. The fourth-order valence-electron chi connectivity index (χ4n) is 2.15. The minimum Gasteiger partial charge on any atom is -0.316 e. The molecule has 2 aromatic rings. The van der Waals surface area contributed by atoms with E-state index in [9.17, 15) is 8.78 Å². The van der Waals surface area contributed by atoms with Gasteiger partial charge in [-0.2, -0.15) is 0 Å². The van der Waals surface area contributed by atoms with E-state index >= 15 is 0 Å². The van der Waals surface area contributed by atoms with Crippen molar-refractivity contribution in [3.05, 3.63) is 65.2 Å². The van der Waals surface area contributed by atoms with Crippen LogP contribution in [0.1, 0.15) is 11.1 Å². The van der Waals surface area contributed by atoms with Gasteiger partial charge in [0.25, 0.3) is 0 Å². The molecule has 0 aromatic heterocycles. The number of thioether (sulfide) groups is 1. The lowest BCUT2D eigenvalue weighted by atomic mass is 10.0. The second-order valence-corrected chi connectivity index (χ2v) is 6.06. The second kappa shape index (κ2) is 7.57. The Balaban J connectivity index is 1.99. The molecule has 0 heterocycles. The fourth-order valence-corrected chi connectivity index (χ4v) is 3.20. The van der Waals surface area contributed by atoms with Crippen LogP contribution < -0.4 is 5.32 Å². The average molecular weight is 307 g/mol. The molecule has 0 saturated heterocycles. The third-order valence-corrected chi connectivity index (χ3v) is 4.67. The van der Waals surface area contributed by atoms with E-state index in [1.807, 2.05) is 26.1 Å². The van der Waals surface area contributed by atoms with E-state index in [2.05, 4.69) is 5.32 Å². The van der Waals surface area contributed by atoms with Crippen molar-refractivity contribution in [3.63, 3.8) is 0 Å². The van der Waals surface area contributed by atoms with E-state index in [1.165, 1.54) is 23.9 Å². The Kier molecular flexibility index (Phi) is 5.76. The van der Waals surface area contributed by atoms with Crippen molar-refractivity contribution in [1.29, 1.82) is 0 Å². The van der Waals surface area contributed by atoms with Gasteiger partial charge in [0.05, 0.1) is 0 Å². The molecule has 1 unspecified atom stereocenters. The zero-order valence-corrected chi connectivity index (χ0v) is 13.0. The van der Waals surface area contributed by atoms with E-state index < -0.39 is 0 Å². The Bertz CT molecular complexity index is 601. The lowest BCUT2D eigenvalue weighted by Crippen LogP contribution is -2.30. The average Bonchev–Trinajstić information content (AvgIpc) is 2.47. The zero-order valence-electron chi connectivity index (χ0n) is 12.2. The van der Waals surface area contributed by atoms with Crippen LogP contribution in [-0.2, 0) is 6.42 Å². The molecule has 2 rings (SSSR count). The summed E-state index contributed by atoms with van der Waals surface area (Å²) in [5.74, 6) is 0.363. The number of hydrogen-bond acceptors (Lipinski definition) is 2. The smallest absolute Gasteiger partial charge is 0.136 e. The summed E-state index contributed by atoms with van der Waals surface area (Å²) in [4.78, 5) is 0.661. The van der Waals surface area contributed by atoms with Crippen molar-refractivity contribution >= 4 is 11.8 Å². The topological polar surface area (TPSA) is 12.0 Å². The number of halogens is 2. The van der Waals surface area contributed by atoms with Crippen molar-refractivity contribution in [3.8, 4) is 0 Å². The van der Waals surface area contributed by atoms with Gasteiger partial charge in [-0.1, -0.05) is 18.2 Å². The predicted molar refractivity (Wildman–Crippen MR) is 84.8 cm³/mol. The minimum absolute atomic E-state index is 0.185. The SMILES string of the molecule is CNC(CSc1ccccc1F)Cc1ccc(F)cc1C. The number of rotatable bonds is 6. The van der Waals surface area contributed by atoms with Gasteiger partial charge in [-0.15, -0.1) is 11.8 Å². The van der Waals surface area contributed by atoms with Gasteiger partial charge in [0, 0.05) is 16.7 Å². The molecule has 0 bridgehead atoms. The van der Waals surface area contributed by atoms with Crippen molar-refractivity contribution in [1.82, 2.24) is 5.32 Å². The molecule has 1 atom stereocenters. The Morgan fingerprint density at radius 3 is 2.57 bits per heavy atom. The third kappa shape index (κ3) is 4.55. The van der Waals surface area contributed by atoms with Crippen LogP contribution in [0, 0.1) is 18.6 Å². The monoisotopic (exact) mass is 307 g/mol. The van der Waals surface area contributed by atoms with E-state index in [0.29, 0.717) is 4.90 Å². The number of benzene rings is 2. The van der Waals surface area contributed by atoms with E-state index in [0.717, 1.165) is 23.3 Å². The van der Waals surface area contributed by atoms with Crippen LogP contribution in [0.5, 0.6) is 0 Å². The molecule has 112 valence electrons. The van der Waals surface area contributed by atoms with Gasteiger partial charge in [-0.05, 0) is 55.8 Å². The highest BCUT2D eigenvalue weighted by Crippen LogP contribution is 2.23. The summed E-state index contributed by atoms with van der Waals surface area (Å²) < 4.78 is 26.7. The molecule has 0 spiro atoms. The van der Waals surface area contributed by atoms with Crippen molar-refractivity contribution in [2.45, 2.75) is 24.3 Å². The Hall–Kier alpha value is -1.39. The molecule has 0 radical (unpaired) electrons. The molecule has 0 aliphatic carbocycles. The lowest BCUT2D eigenvalue weighted by Gasteiger charge is -2.17. The van der Waals surface area contributed by atoms with Crippen LogP contribution in [0.2, 0.25) is 0 Å². The van der Waals surface area contributed by atoms with Crippen molar-refractivity contribution in [2.24, 2.45) is 0 Å². The van der Waals surface area contributed by atoms with Crippen LogP contribution >= 0.6 is 11.8 Å². The Morgan fingerprint density at radius 1 is 1.14 bits per heavy atom. The highest BCUT2D eigenvalue weighted by atomic mass is 32.2. The molecule has 4 heteroatoms. The summed E-state index contributed by atoms with van der Waals surface area (Å²) in [6.07, 6.45) is 0.796. The largest absolute Gasteiger partial charge is 0.316 e.